The van der Waals surface area contributed by atoms with Crippen LogP contribution in [0.2, 0.25) is 0 Å². The van der Waals surface area contributed by atoms with Gasteiger partial charge in [-0.25, -0.2) is 0 Å². The van der Waals surface area contributed by atoms with Crippen molar-refractivity contribution in [3.63, 3.8) is 0 Å². The smallest absolute Gasteiger partial charge is 0.227 e. The first-order valence-corrected chi connectivity index (χ1v) is 8.55. The molecule has 0 bridgehead atoms. The minimum atomic E-state index is -0.146. The van der Waals surface area contributed by atoms with E-state index in [0.717, 1.165) is 6.42 Å². The molecule has 0 spiro atoms. The molecule has 5 nitrogen and oxygen atoms in total. The zero-order valence-corrected chi connectivity index (χ0v) is 14.8. The largest absolute Gasteiger partial charge is 0.349 e. The van der Waals surface area contributed by atoms with Gasteiger partial charge in [0, 0.05) is 18.3 Å². The molecule has 0 saturated heterocycles. The molecule has 3 rings (SSSR count). The maximum atomic E-state index is 12.3. The SMILES string of the molecule is C[C@H]1Cc2ccccc2[C@@H]1NC(=O)CCc1nc(C(C)(C)C)no1. The molecule has 2 aromatic rings. The fourth-order valence-electron chi connectivity index (χ4n) is 3.14. The summed E-state index contributed by atoms with van der Waals surface area (Å²) >= 11 is 0. The van der Waals surface area contributed by atoms with Gasteiger partial charge in [0.1, 0.15) is 0 Å². The van der Waals surface area contributed by atoms with E-state index in [1.165, 1.54) is 11.1 Å². The van der Waals surface area contributed by atoms with Crippen LogP contribution in [0, 0.1) is 5.92 Å². The van der Waals surface area contributed by atoms with Gasteiger partial charge >= 0.3 is 0 Å². The fourth-order valence-corrected chi connectivity index (χ4v) is 3.14. The standard InChI is InChI=1S/C19H25N3O2/c1-12-11-13-7-5-6-8-14(13)17(12)20-15(23)9-10-16-21-18(22-24-16)19(2,3)4/h5-8,12,17H,9-11H2,1-4H3,(H,20,23)/t12-,17+/m0/s1. The summed E-state index contributed by atoms with van der Waals surface area (Å²) in [6.45, 7) is 8.28. The van der Waals surface area contributed by atoms with E-state index < -0.39 is 0 Å². The van der Waals surface area contributed by atoms with E-state index in [4.69, 9.17) is 4.52 Å². The number of aromatic nitrogens is 2. The maximum Gasteiger partial charge on any atom is 0.227 e. The average molecular weight is 327 g/mol. The third-order valence-electron chi connectivity index (χ3n) is 4.52. The number of rotatable bonds is 4. The molecular formula is C19H25N3O2. The van der Waals surface area contributed by atoms with Crippen LogP contribution in [0.5, 0.6) is 0 Å². The highest BCUT2D eigenvalue weighted by molar-refractivity contribution is 5.76. The number of carbonyl (C=O) groups is 1. The van der Waals surface area contributed by atoms with Crippen LogP contribution >= 0.6 is 0 Å². The van der Waals surface area contributed by atoms with Crippen LogP contribution in [0.3, 0.4) is 0 Å². The Hall–Kier alpha value is -2.17. The van der Waals surface area contributed by atoms with Crippen molar-refractivity contribution in [1.29, 1.82) is 0 Å². The van der Waals surface area contributed by atoms with Crippen LogP contribution in [0.15, 0.2) is 28.8 Å². The van der Waals surface area contributed by atoms with Gasteiger partial charge in [-0.15, -0.1) is 0 Å². The van der Waals surface area contributed by atoms with E-state index in [2.05, 4.69) is 40.6 Å². The van der Waals surface area contributed by atoms with Crippen molar-refractivity contribution in [3.8, 4) is 0 Å². The van der Waals surface area contributed by atoms with Crippen molar-refractivity contribution < 1.29 is 9.32 Å². The van der Waals surface area contributed by atoms with Crippen LogP contribution in [0.25, 0.3) is 0 Å². The molecule has 1 aromatic carbocycles. The number of fused-ring (bicyclic) bond motifs is 1. The van der Waals surface area contributed by atoms with E-state index in [0.29, 0.717) is 30.5 Å². The third-order valence-corrected chi connectivity index (χ3v) is 4.52. The second kappa shape index (κ2) is 6.38. The molecule has 1 heterocycles. The Kier molecular flexibility index (Phi) is 4.43. The van der Waals surface area contributed by atoms with E-state index in [1.54, 1.807) is 0 Å². The number of carbonyl (C=O) groups excluding carboxylic acids is 1. The highest BCUT2D eigenvalue weighted by atomic mass is 16.5. The van der Waals surface area contributed by atoms with Gasteiger partial charge in [0.15, 0.2) is 5.82 Å². The minimum absolute atomic E-state index is 0.0269. The zero-order valence-electron chi connectivity index (χ0n) is 14.8. The molecule has 0 fully saturated rings. The lowest BCUT2D eigenvalue weighted by atomic mass is 9.96. The lowest BCUT2D eigenvalue weighted by molar-refractivity contribution is -0.122. The molecule has 0 unspecified atom stereocenters. The van der Waals surface area contributed by atoms with Gasteiger partial charge in [0.2, 0.25) is 11.8 Å². The van der Waals surface area contributed by atoms with Crippen LogP contribution < -0.4 is 5.32 Å². The first-order valence-electron chi connectivity index (χ1n) is 8.55. The van der Waals surface area contributed by atoms with Crippen LogP contribution in [0.1, 0.15) is 63.0 Å². The Labute approximate surface area is 142 Å². The monoisotopic (exact) mass is 327 g/mol. The summed E-state index contributed by atoms with van der Waals surface area (Å²) in [6.07, 6.45) is 1.84. The normalized spacial score (nSPS) is 20.0. The number of nitrogens with one attached hydrogen (secondary N) is 1. The van der Waals surface area contributed by atoms with Crippen molar-refractivity contribution in [3.05, 3.63) is 47.1 Å². The number of nitrogens with zero attached hydrogens (tertiary/aromatic N) is 2. The molecule has 0 aliphatic heterocycles. The third kappa shape index (κ3) is 3.50. The average Bonchev–Trinajstić information content (AvgIpc) is 3.11. The van der Waals surface area contributed by atoms with Gasteiger partial charge in [0.25, 0.3) is 0 Å². The highest BCUT2D eigenvalue weighted by Gasteiger charge is 2.30. The van der Waals surface area contributed by atoms with E-state index in [-0.39, 0.29) is 17.4 Å². The van der Waals surface area contributed by atoms with Crippen molar-refractivity contribution in [2.24, 2.45) is 5.92 Å². The molecule has 2 atom stereocenters. The van der Waals surface area contributed by atoms with Gasteiger partial charge in [-0.2, -0.15) is 4.98 Å². The number of benzene rings is 1. The van der Waals surface area contributed by atoms with Gasteiger partial charge < -0.3 is 9.84 Å². The maximum absolute atomic E-state index is 12.3. The predicted molar refractivity (Wildman–Crippen MR) is 91.5 cm³/mol. The van der Waals surface area contributed by atoms with Crippen molar-refractivity contribution in [2.75, 3.05) is 0 Å². The van der Waals surface area contributed by atoms with Gasteiger partial charge in [-0.1, -0.05) is 57.1 Å². The first kappa shape index (κ1) is 16.7. The Morgan fingerprint density at radius 1 is 1.33 bits per heavy atom. The minimum Gasteiger partial charge on any atom is -0.349 e. The summed E-state index contributed by atoms with van der Waals surface area (Å²) < 4.78 is 5.25. The lowest BCUT2D eigenvalue weighted by Crippen LogP contribution is -2.30. The highest BCUT2D eigenvalue weighted by Crippen LogP contribution is 2.35. The second-order valence-corrected chi connectivity index (χ2v) is 7.69. The zero-order chi connectivity index (χ0) is 17.3. The number of aryl methyl sites for hydroxylation is 1. The summed E-state index contributed by atoms with van der Waals surface area (Å²) in [7, 11) is 0. The van der Waals surface area contributed by atoms with Crippen LogP contribution in [-0.4, -0.2) is 16.0 Å². The van der Waals surface area contributed by atoms with Crippen LogP contribution in [-0.2, 0) is 23.1 Å². The second-order valence-electron chi connectivity index (χ2n) is 7.69. The van der Waals surface area contributed by atoms with Gasteiger partial charge in [-0.05, 0) is 23.5 Å². The molecule has 0 radical (unpaired) electrons. The number of hydrogen-bond donors (Lipinski definition) is 1. The molecule has 1 aliphatic rings. The summed E-state index contributed by atoms with van der Waals surface area (Å²) in [5.74, 6) is 1.65. The Morgan fingerprint density at radius 3 is 2.79 bits per heavy atom. The summed E-state index contributed by atoms with van der Waals surface area (Å²) in [5.41, 5.74) is 2.43. The first-order chi connectivity index (χ1) is 11.3. The summed E-state index contributed by atoms with van der Waals surface area (Å²) in [4.78, 5) is 16.7. The summed E-state index contributed by atoms with van der Waals surface area (Å²) in [6, 6.07) is 8.43. The quantitative estimate of drug-likeness (QED) is 0.935. The van der Waals surface area contributed by atoms with E-state index in [1.807, 2.05) is 26.8 Å². The fraction of sp³-hybridized carbons (Fsp3) is 0.526. The molecule has 128 valence electrons. The Bertz CT molecular complexity index is 730. The van der Waals surface area contributed by atoms with Gasteiger partial charge in [0.05, 0.1) is 6.04 Å². The number of hydrogen-bond acceptors (Lipinski definition) is 4. The Morgan fingerprint density at radius 2 is 2.08 bits per heavy atom. The van der Waals surface area contributed by atoms with Crippen molar-refractivity contribution in [2.45, 2.75) is 58.4 Å². The molecule has 1 aliphatic carbocycles. The van der Waals surface area contributed by atoms with E-state index >= 15 is 0 Å². The van der Waals surface area contributed by atoms with Crippen molar-refractivity contribution >= 4 is 5.91 Å². The number of amides is 1. The molecule has 0 saturated carbocycles. The molecule has 5 heteroatoms. The topological polar surface area (TPSA) is 68.0 Å². The molecule has 1 N–H and O–H groups in total. The Balaban J connectivity index is 1.58. The molecule has 1 amide bonds. The molecule has 24 heavy (non-hydrogen) atoms. The lowest BCUT2D eigenvalue weighted by Gasteiger charge is -2.18. The van der Waals surface area contributed by atoms with Gasteiger partial charge in [-0.3, -0.25) is 4.79 Å². The van der Waals surface area contributed by atoms with E-state index in [9.17, 15) is 4.79 Å². The molecule has 1 aromatic heterocycles. The summed E-state index contributed by atoms with van der Waals surface area (Å²) in [5, 5.41) is 7.16. The van der Waals surface area contributed by atoms with Crippen molar-refractivity contribution in [1.82, 2.24) is 15.5 Å². The predicted octanol–water partition coefficient (Wildman–Crippen LogP) is 3.35. The van der Waals surface area contributed by atoms with Crippen LogP contribution in [0.4, 0.5) is 0 Å². The molecular weight excluding hydrogens is 302 g/mol.